The van der Waals surface area contributed by atoms with Gasteiger partial charge < -0.3 is 16.4 Å². The van der Waals surface area contributed by atoms with Crippen molar-refractivity contribution in [2.24, 2.45) is 0 Å². The van der Waals surface area contributed by atoms with Crippen LogP contribution in [0.3, 0.4) is 0 Å². The van der Waals surface area contributed by atoms with Crippen molar-refractivity contribution in [1.29, 1.82) is 5.26 Å². The van der Waals surface area contributed by atoms with Crippen LogP contribution < -0.4 is 16.4 Å². The van der Waals surface area contributed by atoms with Gasteiger partial charge in [-0.15, -0.1) is 11.6 Å². The Labute approximate surface area is 117 Å². The summed E-state index contributed by atoms with van der Waals surface area (Å²) in [7, 11) is 0. The van der Waals surface area contributed by atoms with Crippen molar-refractivity contribution >= 4 is 28.9 Å². The van der Waals surface area contributed by atoms with E-state index in [9.17, 15) is 4.79 Å². The van der Waals surface area contributed by atoms with Gasteiger partial charge in [0.2, 0.25) is 0 Å². The minimum absolute atomic E-state index is 0.0370. The van der Waals surface area contributed by atoms with Crippen LogP contribution in [0.25, 0.3) is 0 Å². The van der Waals surface area contributed by atoms with Crippen LogP contribution in [0, 0.1) is 18.3 Å². The zero-order valence-electron chi connectivity index (χ0n) is 10.5. The zero-order valence-corrected chi connectivity index (χ0v) is 11.3. The predicted octanol–water partition coefficient (Wildman–Crippen LogP) is 1.75. The largest absolute Gasteiger partial charge is 0.397 e. The van der Waals surface area contributed by atoms with Gasteiger partial charge in [0, 0.05) is 18.6 Å². The lowest BCUT2D eigenvalue weighted by atomic mass is 10.2. The van der Waals surface area contributed by atoms with Crippen molar-refractivity contribution < 1.29 is 4.79 Å². The topological polar surface area (TPSA) is 90.9 Å². The van der Waals surface area contributed by atoms with Crippen LogP contribution in [-0.2, 0) is 4.79 Å². The Hall–Kier alpha value is -2.19. The molecule has 0 aromatic heterocycles. The molecule has 0 aliphatic rings. The van der Waals surface area contributed by atoms with E-state index in [2.05, 4.69) is 10.6 Å². The molecule has 1 rings (SSSR count). The molecule has 0 heterocycles. The molecular weight excluding hydrogens is 264 g/mol. The van der Waals surface area contributed by atoms with Gasteiger partial charge in [0.15, 0.2) is 0 Å². The maximum atomic E-state index is 11.6. The molecule has 0 saturated carbocycles. The molecule has 0 aliphatic carbocycles. The Kier molecular flexibility index (Phi) is 5.71. The maximum absolute atomic E-state index is 11.6. The molecule has 0 aliphatic heterocycles. The second kappa shape index (κ2) is 7.29. The molecule has 0 bridgehead atoms. The number of alkyl halides is 1. The van der Waals surface area contributed by atoms with E-state index in [0.29, 0.717) is 23.8 Å². The Bertz CT molecular complexity index is 534. The first kappa shape index (κ1) is 14.9. The SMILES string of the molecule is Cc1ccc(N/C=C(/C#N)C(=O)NCCCl)c(N)c1. The molecule has 100 valence electrons. The number of hydrogen-bond acceptors (Lipinski definition) is 4. The van der Waals surface area contributed by atoms with Crippen molar-refractivity contribution in [3.05, 3.63) is 35.5 Å². The minimum Gasteiger partial charge on any atom is -0.397 e. The van der Waals surface area contributed by atoms with Crippen LogP contribution in [0.2, 0.25) is 0 Å². The Morgan fingerprint density at radius 1 is 1.58 bits per heavy atom. The fourth-order valence-corrected chi connectivity index (χ4v) is 1.46. The number of benzene rings is 1. The monoisotopic (exact) mass is 278 g/mol. The number of amides is 1. The van der Waals surface area contributed by atoms with Crippen LogP contribution in [0.5, 0.6) is 0 Å². The molecule has 0 radical (unpaired) electrons. The quantitative estimate of drug-likeness (QED) is 0.331. The predicted molar refractivity (Wildman–Crippen MR) is 76.6 cm³/mol. The molecule has 1 aromatic rings. The number of nitriles is 1. The van der Waals surface area contributed by atoms with Crippen LogP contribution in [-0.4, -0.2) is 18.3 Å². The third-order valence-corrected chi connectivity index (χ3v) is 2.51. The smallest absolute Gasteiger partial charge is 0.263 e. The van der Waals surface area contributed by atoms with Gasteiger partial charge in [-0.25, -0.2) is 0 Å². The number of nitrogen functional groups attached to an aromatic ring is 1. The molecular formula is C13H15ClN4O. The summed E-state index contributed by atoms with van der Waals surface area (Å²) in [5.74, 6) is -0.177. The second-order valence-electron chi connectivity index (χ2n) is 3.85. The lowest BCUT2D eigenvalue weighted by molar-refractivity contribution is -0.117. The average Bonchev–Trinajstić information content (AvgIpc) is 2.39. The van der Waals surface area contributed by atoms with E-state index in [0.717, 1.165) is 5.56 Å². The van der Waals surface area contributed by atoms with Crippen molar-refractivity contribution in [2.45, 2.75) is 6.92 Å². The van der Waals surface area contributed by atoms with Crippen molar-refractivity contribution in [2.75, 3.05) is 23.5 Å². The summed E-state index contributed by atoms with van der Waals surface area (Å²) in [6.07, 6.45) is 1.32. The van der Waals surface area contributed by atoms with Crippen molar-refractivity contribution in [3.63, 3.8) is 0 Å². The number of rotatable bonds is 5. The fourth-order valence-electron chi connectivity index (χ4n) is 1.37. The van der Waals surface area contributed by atoms with Crippen LogP contribution >= 0.6 is 11.6 Å². The van der Waals surface area contributed by atoms with Gasteiger partial charge in [-0.3, -0.25) is 4.79 Å². The summed E-state index contributed by atoms with van der Waals surface area (Å²) < 4.78 is 0. The number of nitrogens with zero attached hydrogens (tertiary/aromatic N) is 1. The summed E-state index contributed by atoms with van der Waals surface area (Å²) in [5.41, 5.74) is 8.00. The number of aryl methyl sites for hydroxylation is 1. The summed E-state index contributed by atoms with van der Waals surface area (Å²) >= 11 is 5.45. The summed E-state index contributed by atoms with van der Waals surface area (Å²) in [4.78, 5) is 11.6. The number of carbonyl (C=O) groups is 1. The van der Waals surface area contributed by atoms with Gasteiger partial charge in [0.25, 0.3) is 5.91 Å². The first-order valence-electron chi connectivity index (χ1n) is 5.65. The molecule has 0 fully saturated rings. The summed E-state index contributed by atoms with van der Waals surface area (Å²) in [5, 5.41) is 14.3. The molecule has 19 heavy (non-hydrogen) atoms. The maximum Gasteiger partial charge on any atom is 0.263 e. The normalized spacial score (nSPS) is 10.7. The van der Waals surface area contributed by atoms with Gasteiger partial charge in [0.1, 0.15) is 11.6 Å². The Morgan fingerprint density at radius 3 is 2.89 bits per heavy atom. The first-order chi connectivity index (χ1) is 9.08. The van der Waals surface area contributed by atoms with E-state index in [4.69, 9.17) is 22.6 Å². The number of carbonyl (C=O) groups excluding carboxylic acids is 1. The third-order valence-electron chi connectivity index (χ3n) is 2.32. The third kappa shape index (κ3) is 4.53. The van der Waals surface area contributed by atoms with Crippen molar-refractivity contribution in [1.82, 2.24) is 5.32 Å². The van der Waals surface area contributed by atoms with E-state index < -0.39 is 5.91 Å². The zero-order chi connectivity index (χ0) is 14.3. The molecule has 5 nitrogen and oxygen atoms in total. The molecule has 0 atom stereocenters. The van der Waals surface area contributed by atoms with E-state index in [1.807, 2.05) is 19.1 Å². The van der Waals surface area contributed by atoms with E-state index >= 15 is 0 Å². The van der Waals surface area contributed by atoms with Crippen LogP contribution in [0.1, 0.15) is 5.56 Å². The Balaban J connectivity index is 2.77. The lowest BCUT2D eigenvalue weighted by Crippen LogP contribution is -2.26. The molecule has 4 N–H and O–H groups in total. The van der Waals surface area contributed by atoms with Gasteiger partial charge >= 0.3 is 0 Å². The first-order valence-corrected chi connectivity index (χ1v) is 6.19. The van der Waals surface area contributed by atoms with Gasteiger partial charge in [-0.2, -0.15) is 5.26 Å². The number of nitrogens with one attached hydrogen (secondary N) is 2. The van der Waals surface area contributed by atoms with E-state index in [-0.39, 0.29) is 5.57 Å². The molecule has 1 aromatic carbocycles. The Morgan fingerprint density at radius 2 is 2.32 bits per heavy atom. The number of hydrogen-bond donors (Lipinski definition) is 3. The van der Waals surface area contributed by atoms with Gasteiger partial charge in [-0.05, 0) is 24.6 Å². The van der Waals surface area contributed by atoms with Gasteiger partial charge in [0.05, 0.1) is 11.4 Å². The highest BCUT2D eigenvalue weighted by Gasteiger charge is 2.07. The van der Waals surface area contributed by atoms with E-state index in [1.165, 1.54) is 6.20 Å². The van der Waals surface area contributed by atoms with E-state index in [1.54, 1.807) is 12.1 Å². The van der Waals surface area contributed by atoms with Gasteiger partial charge in [-0.1, -0.05) is 6.07 Å². The summed E-state index contributed by atoms with van der Waals surface area (Å²) in [6, 6.07) is 7.28. The molecule has 0 saturated heterocycles. The van der Waals surface area contributed by atoms with Crippen LogP contribution in [0.15, 0.2) is 30.0 Å². The standard InChI is InChI=1S/C13H15ClN4O/c1-9-2-3-12(11(16)6-9)18-8-10(7-15)13(19)17-5-4-14/h2-3,6,8,18H,4-5,16H2,1H3,(H,17,19)/b10-8-. The lowest BCUT2D eigenvalue weighted by Gasteiger charge is -2.07. The highest BCUT2D eigenvalue weighted by Crippen LogP contribution is 2.19. The number of anilines is 2. The molecule has 0 spiro atoms. The fraction of sp³-hybridized carbons (Fsp3) is 0.231. The number of halogens is 1. The molecule has 1 amide bonds. The van der Waals surface area contributed by atoms with Crippen LogP contribution in [0.4, 0.5) is 11.4 Å². The molecule has 6 heteroatoms. The van der Waals surface area contributed by atoms with Crippen molar-refractivity contribution in [3.8, 4) is 6.07 Å². The highest BCUT2D eigenvalue weighted by atomic mass is 35.5. The average molecular weight is 279 g/mol. The summed E-state index contributed by atoms with van der Waals surface area (Å²) in [6.45, 7) is 2.24. The highest BCUT2D eigenvalue weighted by molar-refractivity contribution is 6.18. The second-order valence-corrected chi connectivity index (χ2v) is 4.23. The minimum atomic E-state index is -0.471. The molecule has 0 unspecified atom stereocenters. The number of nitrogens with two attached hydrogens (primary N) is 1.